The molecule has 2 atom stereocenters. The molecule has 1 aliphatic heterocycles. The van der Waals surface area contributed by atoms with Crippen LogP contribution >= 0.6 is 0 Å². The zero-order valence-corrected chi connectivity index (χ0v) is 10.8. The van der Waals surface area contributed by atoms with E-state index >= 15 is 0 Å². The van der Waals surface area contributed by atoms with Crippen molar-refractivity contribution in [1.82, 2.24) is 4.90 Å². The van der Waals surface area contributed by atoms with Crippen LogP contribution in [0, 0.1) is 6.92 Å². The Bertz CT molecular complexity index is 551. The van der Waals surface area contributed by atoms with Crippen LogP contribution in [0.5, 0.6) is 0 Å². The summed E-state index contributed by atoms with van der Waals surface area (Å²) in [6, 6.07) is 15.6. The molecule has 19 heavy (non-hydrogen) atoms. The monoisotopic (exact) mass is 255 g/mol. The van der Waals surface area contributed by atoms with Gasteiger partial charge in [0.2, 0.25) is 0 Å². The standard InChI is InChI=1S/C16H17NO2/c1-11-6-8-12(9-7-11)10-17-15(18)13-4-2-3-5-14(13)16(17)19/h2-9,15-16,18-19H,10H2,1H3. The Hall–Kier alpha value is -1.68. The fourth-order valence-electron chi connectivity index (χ4n) is 2.55. The van der Waals surface area contributed by atoms with E-state index < -0.39 is 12.5 Å². The summed E-state index contributed by atoms with van der Waals surface area (Å²) < 4.78 is 0. The van der Waals surface area contributed by atoms with Crippen molar-refractivity contribution in [2.45, 2.75) is 25.9 Å². The Morgan fingerprint density at radius 2 is 1.42 bits per heavy atom. The largest absolute Gasteiger partial charge is 0.374 e. The van der Waals surface area contributed by atoms with E-state index in [0.29, 0.717) is 6.54 Å². The molecule has 0 amide bonds. The number of rotatable bonds is 2. The highest BCUT2D eigenvalue weighted by atomic mass is 16.3. The van der Waals surface area contributed by atoms with Crippen LogP contribution in [0.25, 0.3) is 0 Å². The molecule has 0 spiro atoms. The molecule has 3 heteroatoms. The lowest BCUT2D eigenvalue weighted by Gasteiger charge is -2.24. The molecular weight excluding hydrogens is 238 g/mol. The van der Waals surface area contributed by atoms with Gasteiger partial charge in [0.25, 0.3) is 0 Å². The van der Waals surface area contributed by atoms with Crippen molar-refractivity contribution in [2.75, 3.05) is 0 Å². The second-order valence-corrected chi connectivity index (χ2v) is 5.03. The van der Waals surface area contributed by atoms with Gasteiger partial charge in [0.1, 0.15) is 12.5 Å². The zero-order chi connectivity index (χ0) is 13.4. The highest BCUT2D eigenvalue weighted by molar-refractivity contribution is 5.35. The predicted molar refractivity (Wildman–Crippen MR) is 73.1 cm³/mol. The number of aliphatic hydroxyl groups excluding tert-OH is 2. The average Bonchev–Trinajstić information content (AvgIpc) is 2.67. The van der Waals surface area contributed by atoms with Crippen molar-refractivity contribution in [3.63, 3.8) is 0 Å². The number of hydrogen-bond donors (Lipinski definition) is 2. The van der Waals surface area contributed by atoms with Gasteiger partial charge in [-0.25, -0.2) is 4.90 Å². The highest BCUT2D eigenvalue weighted by Gasteiger charge is 2.35. The van der Waals surface area contributed by atoms with Gasteiger partial charge in [0, 0.05) is 17.7 Å². The summed E-state index contributed by atoms with van der Waals surface area (Å²) in [5, 5.41) is 20.6. The molecule has 0 saturated heterocycles. The molecule has 2 aromatic rings. The van der Waals surface area contributed by atoms with Crippen molar-refractivity contribution < 1.29 is 10.2 Å². The lowest BCUT2D eigenvalue weighted by molar-refractivity contribution is -0.0902. The van der Waals surface area contributed by atoms with Crippen molar-refractivity contribution in [1.29, 1.82) is 0 Å². The van der Waals surface area contributed by atoms with E-state index in [1.54, 1.807) is 4.90 Å². The Balaban J connectivity index is 1.85. The second-order valence-electron chi connectivity index (χ2n) is 5.03. The summed E-state index contributed by atoms with van der Waals surface area (Å²) in [7, 11) is 0. The van der Waals surface area contributed by atoms with Crippen LogP contribution in [0.3, 0.4) is 0 Å². The number of hydrogen-bond acceptors (Lipinski definition) is 3. The Morgan fingerprint density at radius 1 is 0.895 bits per heavy atom. The first-order chi connectivity index (χ1) is 9.16. The molecule has 0 fully saturated rings. The maximum absolute atomic E-state index is 10.3. The van der Waals surface area contributed by atoms with Crippen LogP contribution in [-0.2, 0) is 6.54 Å². The maximum Gasteiger partial charge on any atom is 0.136 e. The van der Waals surface area contributed by atoms with E-state index in [1.165, 1.54) is 5.56 Å². The molecule has 0 aromatic heterocycles. The van der Waals surface area contributed by atoms with Gasteiger partial charge < -0.3 is 10.2 Å². The third kappa shape index (κ3) is 2.16. The SMILES string of the molecule is Cc1ccc(CN2C(O)c3ccccc3C2O)cc1. The number of aryl methyl sites for hydroxylation is 1. The first-order valence-electron chi connectivity index (χ1n) is 6.43. The van der Waals surface area contributed by atoms with Crippen LogP contribution in [0.15, 0.2) is 48.5 Å². The Kier molecular flexibility index (Phi) is 3.11. The smallest absolute Gasteiger partial charge is 0.136 e. The lowest BCUT2D eigenvalue weighted by Crippen LogP contribution is -2.25. The number of nitrogens with zero attached hydrogens (tertiary/aromatic N) is 1. The van der Waals surface area contributed by atoms with Crippen LogP contribution in [0.2, 0.25) is 0 Å². The van der Waals surface area contributed by atoms with E-state index in [4.69, 9.17) is 0 Å². The Morgan fingerprint density at radius 3 is 1.95 bits per heavy atom. The van der Waals surface area contributed by atoms with Crippen molar-refractivity contribution in [3.8, 4) is 0 Å². The summed E-state index contributed by atoms with van der Waals surface area (Å²) in [5.74, 6) is 0. The third-order valence-electron chi connectivity index (χ3n) is 3.67. The molecule has 2 unspecified atom stereocenters. The van der Waals surface area contributed by atoms with Gasteiger partial charge in [0.15, 0.2) is 0 Å². The van der Waals surface area contributed by atoms with Gasteiger partial charge in [-0.15, -0.1) is 0 Å². The molecular formula is C16H17NO2. The molecule has 0 aliphatic carbocycles. The normalized spacial score (nSPS) is 22.5. The Labute approximate surface area is 112 Å². The average molecular weight is 255 g/mol. The van der Waals surface area contributed by atoms with Crippen LogP contribution < -0.4 is 0 Å². The summed E-state index contributed by atoms with van der Waals surface area (Å²) in [4.78, 5) is 1.69. The maximum atomic E-state index is 10.3. The lowest BCUT2D eigenvalue weighted by atomic mass is 10.1. The summed E-state index contributed by atoms with van der Waals surface area (Å²) >= 11 is 0. The van der Waals surface area contributed by atoms with Gasteiger partial charge in [-0.1, -0.05) is 54.1 Å². The summed E-state index contributed by atoms with van der Waals surface area (Å²) in [6.45, 7) is 2.57. The fraction of sp³-hybridized carbons (Fsp3) is 0.250. The molecule has 2 aromatic carbocycles. The topological polar surface area (TPSA) is 43.7 Å². The van der Waals surface area contributed by atoms with Gasteiger partial charge in [-0.05, 0) is 12.5 Å². The molecule has 3 rings (SSSR count). The fourth-order valence-corrected chi connectivity index (χ4v) is 2.55. The molecule has 98 valence electrons. The molecule has 0 radical (unpaired) electrons. The number of fused-ring (bicyclic) bond motifs is 1. The molecule has 1 aliphatic rings. The van der Waals surface area contributed by atoms with E-state index in [0.717, 1.165) is 16.7 Å². The minimum Gasteiger partial charge on any atom is -0.374 e. The minimum atomic E-state index is -0.743. The summed E-state index contributed by atoms with van der Waals surface area (Å²) in [5.41, 5.74) is 3.87. The van der Waals surface area contributed by atoms with E-state index in [9.17, 15) is 10.2 Å². The van der Waals surface area contributed by atoms with E-state index in [-0.39, 0.29) is 0 Å². The first-order valence-corrected chi connectivity index (χ1v) is 6.43. The highest BCUT2D eigenvalue weighted by Crippen LogP contribution is 2.39. The van der Waals surface area contributed by atoms with Gasteiger partial charge in [-0.3, -0.25) is 0 Å². The minimum absolute atomic E-state index is 0.525. The van der Waals surface area contributed by atoms with E-state index in [1.807, 2.05) is 55.5 Å². The quantitative estimate of drug-likeness (QED) is 0.866. The third-order valence-corrected chi connectivity index (χ3v) is 3.67. The molecule has 1 heterocycles. The van der Waals surface area contributed by atoms with Crippen LogP contribution in [0.4, 0.5) is 0 Å². The second kappa shape index (κ2) is 4.78. The van der Waals surface area contributed by atoms with Crippen molar-refractivity contribution in [3.05, 3.63) is 70.8 Å². The van der Waals surface area contributed by atoms with Crippen molar-refractivity contribution >= 4 is 0 Å². The predicted octanol–water partition coefficient (Wildman–Crippen LogP) is 2.49. The number of benzene rings is 2. The number of aliphatic hydroxyl groups is 2. The van der Waals surface area contributed by atoms with Crippen molar-refractivity contribution in [2.24, 2.45) is 0 Å². The van der Waals surface area contributed by atoms with Gasteiger partial charge in [0.05, 0.1) is 0 Å². The van der Waals surface area contributed by atoms with Gasteiger partial charge >= 0.3 is 0 Å². The first kappa shape index (κ1) is 12.4. The summed E-state index contributed by atoms with van der Waals surface area (Å²) in [6.07, 6.45) is -1.49. The molecule has 3 nitrogen and oxygen atoms in total. The molecule has 0 bridgehead atoms. The molecule has 0 saturated carbocycles. The van der Waals surface area contributed by atoms with E-state index in [2.05, 4.69) is 0 Å². The molecule has 2 N–H and O–H groups in total. The van der Waals surface area contributed by atoms with Gasteiger partial charge in [-0.2, -0.15) is 0 Å². The van der Waals surface area contributed by atoms with Crippen LogP contribution in [-0.4, -0.2) is 15.1 Å². The van der Waals surface area contributed by atoms with Crippen LogP contribution in [0.1, 0.15) is 34.7 Å². The zero-order valence-electron chi connectivity index (χ0n) is 10.8.